The van der Waals surface area contributed by atoms with Gasteiger partial charge in [-0.1, -0.05) is 55.3 Å². The Bertz CT molecular complexity index is 1100. The molecule has 1 atom stereocenters. The Hall–Kier alpha value is -3.10. The van der Waals surface area contributed by atoms with Crippen LogP contribution < -0.4 is 5.32 Å². The first-order valence-electron chi connectivity index (χ1n) is 10.1. The number of nitrogens with zero attached hydrogens (tertiary/aromatic N) is 1. The van der Waals surface area contributed by atoms with E-state index in [-0.39, 0.29) is 6.10 Å². The Morgan fingerprint density at radius 3 is 2.50 bits per heavy atom. The van der Waals surface area contributed by atoms with Gasteiger partial charge in [0.1, 0.15) is 11.0 Å². The Morgan fingerprint density at radius 1 is 1.13 bits per heavy atom. The molecule has 1 unspecified atom stereocenters. The Balaban J connectivity index is 1.44. The molecule has 1 saturated carbocycles. The number of carbonyl (C=O) groups is 1. The van der Waals surface area contributed by atoms with Crippen molar-refractivity contribution in [1.29, 1.82) is 0 Å². The molecule has 2 aromatic carbocycles. The zero-order valence-corrected chi connectivity index (χ0v) is 18.2. The van der Waals surface area contributed by atoms with Gasteiger partial charge >= 0.3 is 6.09 Å². The van der Waals surface area contributed by atoms with E-state index in [1.807, 2.05) is 44.2 Å². The van der Waals surface area contributed by atoms with E-state index in [1.165, 1.54) is 29.9 Å². The normalized spacial score (nSPS) is 14.9. The van der Waals surface area contributed by atoms with Crippen LogP contribution in [0.1, 0.15) is 60.1 Å². The second kappa shape index (κ2) is 8.33. The van der Waals surface area contributed by atoms with Crippen molar-refractivity contribution in [2.24, 2.45) is 0 Å². The summed E-state index contributed by atoms with van der Waals surface area (Å²) in [6.45, 7) is 5.99. The van der Waals surface area contributed by atoms with Gasteiger partial charge in [0.25, 0.3) is 0 Å². The molecule has 1 aliphatic rings. The quantitative estimate of drug-likeness (QED) is 0.514. The van der Waals surface area contributed by atoms with Crippen LogP contribution in [0.5, 0.6) is 0 Å². The summed E-state index contributed by atoms with van der Waals surface area (Å²) in [6, 6.07) is 18.1. The van der Waals surface area contributed by atoms with Gasteiger partial charge in [0, 0.05) is 5.56 Å². The second-order valence-electron chi connectivity index (χ2n) is 7.94. The number of benzene rings is 2. The number of ether oxygens (including phenoxy) is 1. The van der Waals surface area contributed by atoms with Crippen LogP contribution in [0.4, 0.5) is 10.5 Å². The van der Waals surface area contributed by atoms with E-state index in [0.29, 0.717) is 11.1 Å². The number of carbonyl (C=O) groups excluding carboxylic acids is 1. The molecule has 1 N–H and O–H groups in total. The summed E-state index contributed by atoms with van der Waals surface area (Å²) in [5.74, 6) is 6.33. The number of aromatic nitrogens is 1. The highest BCUT2D eigenvalue weighted by Crippen LogP contribution is 2.47. The summed E-state index contributed by atoms with van der Waals surface area (Å²) in [5.41, 5.74) is 4.95. The van der Waals surface area contributed by atoms with E-state index >= 15 is 0 Å². The summed E-state index contributed by atoms with van der Waals surface area (Å²) in [6.07, 6.45) is 1.65. The molecule has 1 amide bonds. The van der Waals surface area contributed by atoms with E-state index in [0.717, 1.165) is 21.7 Å². The van der Waals surface area contributed by atoms with Crippen LogP contribution in [0.25, 0.3) is 0 Å². The first kappa shape index (κ1) is 20.2. The summed E-state index contributed by atoms with van der Waals surface area (Å²) < 4.78 is 9.85. The summed E-state index contributed by atoms with van der Waals surface area (Å²) in [7, 11) is 0. The number of hydrogen-bond acceptors (Lipinski definition) is 4. The monoisotopic (exact) mass is 416 g/mol. The van der Waals surface area contributed by atoms with Crippen LogP contribution >= 0.6 is 11.5 Å². The Kier molecular flexibility index (Phi) is 5.61. The summed E-state index contributed by atoms with van der Waals surface area (Å²) in [4.78, 5) is 13.1. The van der Waals surface area contributed by atoms with Crippen molar-refractivity contribution in [3.05, 3.63) is 81.9 Å². The molecule has 0 radical (unpaired) electrons. The van der Waals surface area contributed by atoms with Gasteiger partial charge in [0.05, 0.1) is 11.4 Å². The number of hydrogen-bond donors (Lipinski definition) is 1. The van der Waals surface area contributed by atoms with Crippen LogP contribution in [0, 0.1) is 18.8 Å². The van der Waals surface area contributed by atoms with Gasteiger partial charge in [0.2, 0.25) is 0 Å². The molecule has 4 nitrogen and oxygen atoms in total. The highest BCUT2D eigenvalue weighted by molar-refractivity contribution is 7.07. The average Bonchev–Trinajstić information content (AvgIpc) is 3.42. The van der Waals surface area contributed by atoms with Gasteiger partial charge in [-0.15, -0.1) is 0 Å². The maximum atomic E-state index is 12.4. The van der Waals surface area contributed by atoms with Crippen molar-refractivity contribution in [1.82, 2.24) is 4.37 Å². The number of nitrogens with one attached hydrogen (secondary N) is 1. The van der Waals surface area contributed by atoms with E-state index in [9.17, 15) is 4.79 Å². The molecule has 0 bridgehead atoms. The minimum Gasteiger partial charge on any atom is -0.441 e. The summed E-state index contributed by atoms with van der Waals surface area (Å²) in [5, 5.41) is 2.82. The fourth-order valence-corrected chi connectivity index (χ4v) is 3.95. The number of rotatable bonds is 4. The zero-order chi connectivity index (χ0) is 21.1. The molecular formula is C25H24N2O2S. The highest BCUT2D eigenvalue weighted by Gasteiger charge is 2.38. The lowest BCUT2D eigenvalue weighted by molar-refractivity contribution is 0.121. The predicted molar refractivity (Wildman–Crippen MR) is 121 cm³/mol. The predicted octanol–water partition coefficient (Wildman–Crippen LogP) is 6.21. The molecule has 0 aliphatic heterocycles. The van der Waals surface area contributed by atoms with Crippen LogP contribution in [-0.2, 0) is 10.2 Å². The molecule has 152 valence electrons. The van der Waals surface area contributed by atoms with Gasteiger partial charge in [-0.2, -0.15) is 4.37 Å². The Morgan fingerprint density at radius 2 is 1.83 bits per heavy atom. The van der Waals surface area contributed by atoms with Gasteiger partial charge in [-0.3, -0.25) is 5.32 Å². The van der Waals surface area contributed by atoms with E-state index in [1.54, 1.807) is 0 Å². The number of anilines is 1. The van der Waals surface area contributed by atoms with Crippen molar-refractivity contribution in [2.45, 2.75) is 45.1 Å². The minimum atomic E-state index is -0.514. The number of aryl methyl sites for hydroxylation is 1. The van der Waals surface area contributed by atoms with E-state index in [4.69, 9.17) is 4.74 Å². The molecule has 1 heterocycles. The SMILES string of the molecule is Cc1nsc(C#Cc2ccc(C3(C)CC3)cc2)c1NC(=O)OC(C)c1ccccc1. The average molecular weight is 417 g/mol. The lowest BCUT2D eigenvalue weighted by Gasteiger charge is -2.14. The molecule has 0 saturated heterocycles. The third kappa shape index (κ3) is 4.55. The van der Waals surface area contributed by atoms with Crippen molar-refractivity contribution in [3.63, 3.8) is 0 Å². The first-order chi connectivity index (χ1) is 14.4. The lowest BCUT2D eigenvalue weighted by Crippen LogP contribution is -2.16. The van der Waals surface area contributed by atoms with Gasteiger partial charge < -0.3 is 4.74 Å². The lowest BCUT2D eigenvalue weighted by atomic mass is 9.97. The van der Waals surface area contributed by atoms with Gasteiger partial charge in [-0.05, 0) is 72.8 Å². The Labute approximate surface area is 181 Å². The molecule has 1 aromatic heterocycles. The molecule has 1 fully saturated rings. The van der Waals surface area contributed by atoms with Crippen LogP contribution in [0.2, 0.25) is 0 Å². The van der Waals surface area contributed by atoms with Crippen LogP contribution in [0.3, 0.4) is 0 Å². The molecular weight excluding hydrogens is 392 g/mol. The third-order valence-corrected chi connectivity index (χ3v) is 6.40. The maximum Gasteiger partial charge on any atom is 0.412 e. The standard InChI is InChI=1S/C25H24N2O2S/c1-17-23(26-24(28)29-18(2)20-7-5-4-6-8-20)22(30-27-17)14-11-19-9-12-21(13-10-19)25(3)15-16-25/h4-10,12-13,18H,15-16H2,1-3H3,(H,26,28). The van der Waals surface area contributed by atoms with Crippen molar-refractivity contribution in [2.75, 3.05) is 5.32 Å². The fraction of sp³-hybridized carbons (Fsp3) is 0.280. The molecule has 3 aromatic rings. The molecule has 1 aliphatic carbocycles. The summed E-state index contributed by atoms with van der Waals surface area (Å²) >= 11 is 1.28. The van der Waals surface area contributed by atoms with Crippen molar-refractivity contribution >= 4 is 23.3 Å². The smallest absolute Gasteiger partial charge is 0.412 e. The van der Waals surface area contributed by atoms with Crippen molar-refractivity contribution in [3.8, 4) is 11.8 Å². The second-order valence-corrected chi connectivity index (χ2v) is 8.72. The van der Waals surface area contributed by atoms with E-state index in [2.05, 4.69) is 52.7 Å². The fourth-order valence-electron chi connectivity index (χ4n) is 3.25. The molecule has 4 rings (SSSR count). The van der Waals surface area contributed by atoms with Crippen LogP contribution in [0.15, 0.2) is 54.6 Å². The first-order valence-corrected chi connectivity index (χ1v) is 10.8. The maximum absolute atomic E-state index is 12.4. The molecule has 0 spiro atoms. The molecule has 30 heavy (non-hydrogen) atoms. The number of amides is 1. The topological polar surface area (TPSA) is 51.2 Å². The van der Waals surface area contributed by atoms with E-state index < -0.39 is 6.09 Å². The highest BCUT2D eigenvalue weighted by atomic mass is 32.1. The van der Waals surface area contributed by atoms with Gasteiger partial charge in [0.15, 0.2) is 0 Å². The third-order valence-electron chi connectivity index (χ3n) is 5.54. The molecule has 5 heteroatoms. The van der Waals surface area contributed by atoms with Crippen LogP contribution in [-0.4, -0.2) is 10.5 Å². The largest absolute Gasteiger partial charge is 0.441 e. The van der Waals surface area contributed by atoms with Crippen molar-refractivity contribution < 1.29 is 9.53 Å². The zero-order valence-electron chi connectivity index (χ0n) is 17.4. The minimum absolute atomic E-state index is 0.348. The van der Waals surface area contributed by atoms with Gasteiger partial charge in [-0.25, -0.2) is 4.79 Å².